The van der Waals surface area contributed by atoms with Gasteiger partial charge in [0.15, 0.2) is 0 Å². The van der Waals surface area contributed by atoms with E-state index >= 15 is 0 Å². The molecule has 0 bridgehead atoms. The van der Waals surface area contributed by atoms with Crippen molar-refractivity contribution in [2.24, 2.45) is 0 Å². The second kappa shape index (κ2) is 5.67. The zero-order chi connectivity index (χ0) is 14.8. The lowest BCUT2D eigenvalue weighted by Crippen LogP contribution is -2.50. The summed E-state index contributed by atoms with van der Waals surface area (Å²) in [5.74, 6) is -0.481. The van der Waals surface area contributed by atoms with Gasteiger partial charge < -0.3 is 14.9 Å². The van der Waals surface area contributed by atoms with Gasteiger partial charge in [0.25, 0.3) is 0 Å². The molecule has 3 rings (SSSR count). The van der Waals surface area contributed by atoms with Crippen molar-refractivity contribution in [2.75, 3.05) is 18.0 Å². The van der Waals surface area contributed by atoms with E-state index in [9.17, 15) is 14.7 Å². The second-order valence-electron chi connectivity index (χ2n) is 5.43. The van der Waals surface area contributed by atoms with Gasteiger partial charge in [-0.05, 0) is 31.7 Å². The number of aliphatic carboxylic acids is 1. The van der Waals surface area contributed by atoms with Gasteiger partial charge in [-0.2, -0.15) is 0 Å². The average molecular weight is 290 g/mol. The van der Waals surface area contributed by atoms with E-state index in [4.69, 9.17) is 0 Å². The van der Waals surface area contributed by atoms with Crippen molar-refractivity contribution in [1.29, 1.82) is 0 Å². The Labute approximate surface area is 122 Å². The number of anilines is 1. The quantitative estimate of drug-likeness (QED) is 0.873. The molecule has 0 radical (unpaired) electrons. The SMILES string of the molecule is O=C(O)C1CCCN1C(=O)C1CCCN1c1ncccn1. The predicted molar refractivity (Wildman–Crippen MR) is 74.8 cm³/mol. The third-order valence-corrected chi connectivity index (χ3v) is 4.17. The van der Waals surface area contributed by atoms with Crippen LogP contribution in [-0.2, 0) is 9.59 Å². The highest BCUT2D eigenvalue weighted by Gasteiger charge is 2.41. The molecular formula is C14H18N4O3. The number of hydrogen-bond acceptors (Lipinski definition) is 5. The van der Waals surface area contributed by atoms with Crippen LogP contribution in [0.3, 0.4) is 0 Å². The fourth-order valence-corrected chi connectivity index (χ4v) is 3.18. The van der Waals surface area contributed by atoms with E-state index in [0.717, 1.165) is 25.8 Å². The Balaban J connectivity index is 1.79. The van der Waals surface area contributed by atoms with Crippen molar-refractivity contribution in [2.45, 2.75) is 37.8 Å². The van der Waals surface area contributed by atoms with E-state index in [1.807, 2.05) is 4.90 Å². The molecule has 1 aromatic heterocycles. The molecule has 2 atom stereocenters. The molecule has 0 spiro atoms. The molecule has 112 valence electrons. The minimum absolute atomic E-state index is 0.107. The maximum atomic E-state index is 12.7. The van der Waals surface area contributed by atoms with Gasteiger partial charge in [-0.15, -0.1) is 0 Å². The van der Waals surface area contributed by atoms with Crippen LogP contribution < -0.4 is 4.90 Å². The number of aromatic nitrogens is 2. The van der Waals surface area contributed by atoms with Gasteiger partial charge in [-0.25, -0.2) is 14.8 Å². The minimum Gasteiger partial charge on any atom is -0.480 e. The molecule has 0 aromatic carbocycles. The van der Waals surface area contributed by atoms with Crippen LogP contribution in [0.4, 0.5) is 5.95 Å². The molecule has 1 amide bonds. The molecule has 2 aliphatic rings. The van der Waals surface area contributed by atoms with Crippen LogP contribution in [0.5, 0.6) is 0 Å². The first-order chi connectivity index (χ1) is 10.2. The first-order valence-electron chi connectivity index (χ1n) is 7.25. The third kappa shape index (κ3) is 2.55. The Morgan fingerprint density at radius 3 is 2.48 bits per heavy atom. The lowest BCUT2D eigenvalue weighted by Gasteiger charge is -2.29. The van der Waals surface area contributed by atoms with Gasteiger partial charge >= 0.3 is 5.97 Å². The molecule has 2 fully saturated rings. The minimum atomic E-state index is -0.915. The molecule has 1 N–H and O–H groups in total. The lowest BCUT2D eigenvalue weighted by atomic mass is 10.1. The third-order valence-electron chi connectivity index (χ3n) is 4.17. The predicted octanol–water partition coefficient (Wildman–Crippen LogP) is 0.521. The highest BCUT2D eigenvalue weighted by molar-refractivity contribution is 5.89. The van der Waals surface area contributed by atoms with Gasteiger partial charge in [0, 0.05) is 25.5 Å². The van der Waals surface area contributed by atoms with Gasteiger partial charge in [0.2, 0.25) is 11.9 Å². The Morgan fingerprint density at radius 2 is 1.76 bits per heavy atom. The van der Waals surface area contributed by atoms with E-state index in [2.05, 4.69) is 9.97 Å². The molecule has 0 aliphatic carbocycles. The summed E-state index contributed by atoms with van der Waals surface area (Å²) >= 11 is 0. The number of likely N-dealkylation sites (tertiary alicyclic amines) is 1. The van der Waals surface area contributed by atoms with Gasteiger partial charge in [0.05, 0.1) is 0 Å². The summed E-state index contributed by atoms with van der Waals surface area (Å²) in [5, 5.41) is 9.23. The van der Waals surface area contributed by atoms with Crippen molar-refractivity contribution in [3.05, 3.63) is 18.5 Å². The summed E-state index contributed by atoms with van der Waals surface area (Å²) in [6, 6.07) is 0.709. The summed E-state index contributed by atoms with van der Waals surface area (Å²) in [6.07, 6.45) is 6.20. The van der Waals surface area contributed by atoms with Crippen molar-refractivity contribution in [1.82, 2.24) is 14.9 Å². The van der Waals surface area contributed by atoms with Crippen LogP contribution in [0.25, 0.3) is 0 Å². The van der Waals surface area contributed by atoms with Crippen molar-refractivity contribution < 1.29 is 14.7 Å². The number of rotatable bonds is 3. The Morgan fingerprint density at radius 1 is 1.10 bits per heavy atom. The number of nitrogens with zero attached hydrogens (tertiary/aromatic N) is 4. The standard InChI is InChI=1S/C14H18N4O3/c19-12(17-8-2-5-11(17)13(20)21)10-4-1-9-18(10)14-15-6-3-7-16-14/h3,6-7,10-11H,1-2,4-5,8-9H2,(H,20,21). The van der Waals surface area contributed by atoms with Crippen molar-refractivity contribution in [3.63, 3.8) is 0 Å². The summed E-state index contributed by atoms with van der Waals surface area (Å²) in [7, 11) is 0. The van der Waals surface area contributed by atoms with E-state index in [1.54, 1.807) is 18.5 Å². The highest BCUT2D eigenvalue weighted by atomic mass is 16.4. The molecular weight excluding hydrogens is 272 g/mol. The van der Waals surface area contributed by atoms with Gasteiger partial charge in [-0.3, -0.25) is 4.79 Å². The van der Waals surface area contributed by atoms with Crippen LogP contribution in [-0.4, -0.2) is 57.0 Å². The largest absolute Gasteiger partial charge is 0.480 e. The highest BCUT2D eigenvalue weighted by Crippen LogP contribution is 2.27. The summed E-state index contributed by atoms with van der Waals surface area (Å²) in [5.41, 5.74) is 0. The number of carboxylic acid groups (broad SMARTS) is 1. The topological polar surface area (TPSA) is 86.6 Å². The Hall–Kier alpha value is -2.18. The zero-order valence-corrected chi connectivity index (χ0v) is 11.7. The monoisotopic (exact) mass is 290 g/mol. The molecule has 7 nitrogen and oxygen atoms in total. The lowest BCUT2D eigenvalue weighted by molar-refractivity contribution is -0.148. The molecule has 1 aromatic rings. The summed E-state index contributed by atoms with van der Waals surface area (Å²) in [6.45, 7) is 1.25. The van der Waals surface area contributed by atoms with E-state index in [1.165, 1.54) is 4.90 Å². The van der Waals surface area contributed by atoms with Crippen molar-refractivity contribution in [3.8, 4) is 0 Å². The molecule has 2 unspecified atom stereocenters. The summed E-state index contributed by atoms with van der Waals surface area (Å²) in [4.78, 5) is 35.8. The van der Waals surface area contributed by atoms with Crippen LogP contribution in [0, 0.1) is 0 Å². The molecule has 0 saturated carbocycles. The van der Waals surface area contributed by atoms with Crippen LogP contribution >= 0.6 is 0 Å². The molecule has 3 heterocycles. The summed E-state index contributed by atoms with van der Waals surface area (Å²) < 4.78 is 0. The zero-order valence-electron chi connectivity index (χ0n) is 11.7. The first kappa shape index (κ1) is 13.8. The van der Waals surface area contributed by atoms with E-state index < -0.39 is 12.0 Å². The molecule has 7 heteroatoms. The van der Waals surface area contributed by atoms with Crippen LogP contribution in [0.1, 0.15) is 25.7 Å². The first-order valence-corrected chi connectivity index (χ1v) is 7.25. The fourth-order valence-electron chi connectivity index (χ4n) is 3.18. The van der Waals surface area contributed by atoms with Crippen LogP contribution in [0.15, 0.2) is 18.5 Å². The smallest absolute Gasteiger partial charge is 0.326 e. The fraction of sp³-hybridized carbons (Fsp3) is 0.571. The van der Waals surface area contributed by atoms with E-state index in [0.29, 0.717) is 18.9 Å². The maximum Gasteiger partial charge on any atom is 0.326 e. The second-order valence-corrected chi connectivity index (χ2v) is 5.43. The molecule has 2 saturated heterocycles. The van der Waals surface area contributed by atoms with Crippen molar-refractivity contribution >= 4 is 17.8 Å². The van der Waals surface area contributed by atoms with Crippen LogP contribution in [0.2, 0.25) is 0 Å². The molecule has 2 aliphatic heterocycles. The normalized spacial score (nSPS) is 25.3. The number of carboxylic acids is 1. The Bertz CT molecular complexity index is 536. The van der Waals surface area contributed by atoms with Gasteiger partial charge in [-0.1, -0.05) is 0 Å². The number of hydrogen-bond donors (Lipinski definition) is 1. The average Bonchev–Trinajstić information content (AvgIpc) is 3.16. The number of amides is 1. The maximum absolute atomic E-state index is 12.7. The molecule has 21 heavy (non-hydrogen) atoms. The van der Waals surface area contributed by atoms with Gasteiger partial charge in [0.1, 0.15) is 12.1 Å². The van der Waals surface area contributed by atoms with E-state index in [-0.39, 0.29) is 11.9 Å². The Kier molecular flexibility index (Phi) is 3.72. The number of carbonyl (C=O) groups excluding carboxylic acids is 1. The number of carbonyl (C=O) groups is 2.